The van der Waals surface area contributed by atoms with E-state index in [0.717, 1.165) is 37.7 Å². The Morgan fingerprint density at radius 3 is 2.44 bits per heavy atom. The zero-order valence-electron chi connectivity index (χ0n) is 16.8. The fourth-order valence-corrected chi connectivity index (χ4v) is 3.64. The first-order valence-electron chi connectivity index (χ1n) is 9.85. The maximum absolute atomic E-state index is 10.9. The normalized spacial score (nSPS) is 23.4. The third kappa shape index (κ3) is 6.27. The van der Waals surface area contributed by atoms with Crippen LogP contribution in [0.1, 0.15) is 66.7 Å². The van der Waals surface area contributed by atoms with E-state index in [1.807, 2.05) is 6.08 Å². The molecule has 2 N–H and O–H groups in total. The molecule has 2 nitrogen and oxygen atoms in total. The van der Waals surface area contributed by atoms with E-state index < -0.39 is 6.10 Å². The van der Waals surface area contributed by atoms with Gasteiger partial charge in [-0.15, -0.1) is 0 Å². The molecule has 1 rings (SSSR count). The van der Waals surface area contributed by atoms with Gasteiger partial charge in [0.2, 0.25) is 0 Å². The van der Waals surface area contributed by atoms with Crippen molar-refractivity contribution in [3.05, 3.63) is 47.6 Å². The number of aliphatic hydroxyl groups excluding tert-OH is 2. The molecule has 0 aliphatic heterocycles. The van der Waals surface area contributed by atoms with Crippen LogP contribution in [0.3, 0.4) is 0 Å². The Labute approximate surface area is 155 Å². The number of allylic oxidation sites excluding steroid dienone is 5. The summed E-state index contributed by atoms with van der Waals surface area (Å²) in [5.74, 6) is 0.397. The molecule has 0 saturated heterocycles. The average Bonchev–Trinajstić information content (AvgIpc) is 2.85. The van der Waals surface area contributed by atoms with E-state index >= 15 is 0 Å². The summed E-state index contributed by atoms with van der Waals surface area (Å²) >= 11 is 0. The van der Waals surface area contributed by atoms with E-state index in [2.05, 4.69) is 65.0 Å². The maximum atomic E-state index is 10.9. The first-order valence-corrected chi connectivity index (χ1v) is 9.85. The van der Waals surface area contributed by atoms with Crippen molar-refractivity contribution in [2.45, 2.75) is 72.8 Å². The second-order valence-corrected chi connectivity index (χ2v) is 7.74. The molecule has 0 fully saturated rings. The zero-order chi connectivity index (χ0) is 18.9. The van der Waals surface area contributed by atoms with Crippen LogP contribution in [0.15, 0.2) is 47.6 Å². The van der Waals surface area contributed by atoms with E-state index in [-0.39, 0.29) is 17.9 Å². The summed E-state index contributed by atoms with van der Waals surface area (Å²) in [5, 5.41) is 20.5. The molecule has 0 aromatic heterocycles. The predicted octanol–water partition coefficient (Wildman–Crippen LogP) is 5.59. The van der Waals surface area contributed by atoms with E-state index in [0.29, 0.717) is 5.92 Å². The fraction of sp³-hybridized carbons (Fsp3) is 0.652. The molecular weight excluding hydrogens is 308 g/mol. The van der Waals surface area contributed by atoms with Gasteiger partial charge in [-0.3, -0.25) is 0 Å². The molecular formula is C23H38O2. The highest BCUT2D eigenvalue weighted by Gasteiger charge is 2.41. The zero-order valence-corrected chi connectivity index (χ0v) is 16.8. The molecule has 0 heterocycles. The largest absolute Gasteiger partial charge is 0.392 e. The second-order valence-electron chi connectivity index (χ2n) is 7.74. The van der Waals surface area contributed by atoms with Crippen molar-refractivity contribution >= 4 is 0 Å². The van der Waals surface area contributed by atoms with Crippen LogP contribution in [0.4, 0.5) is 0 Å². The van der Waals surface area contributed by atoms with Gasteiger partial charge < -0.3 is 10.2 Å². The molecule has 2 heteroatoms. The van der Waals surface area contributed by atoms with Gasteiger partial charge in [-0.25, -0.2) is 0 Å². The van der Waals surface area contributed by atoms with Crippen molar-refractivity contribution in [3.63, 3.8) is 0 Å². The minimum Gasteiger partial charge on any atom is -0.392 e. The molecule has 0 amide bonds. The molecule has 0 radical (unpaired) electrons. The lowest BCUT2D eigenvalue weighted by atomic mass is 9.69. The van der Waals surface area contributed by atoms with Crippen LogP contribution in [-0.4, -0.2) is 22.9 Å². The van der Waals surface area contributed by atoms with Gasteiger partial charge >= 0.3 is 0 Å². The monoisotopic (exact) mass is 346 g/mol. The van der Waals surface area contributed by atoms with E-state index in [1.165, 1.54) is 5.57 Å². The molecule has 0 aromatic rings. The van der Waals surface area contributed by atoms with E-state index in [1.54, 1.807) is 0 Å². The van der Waals surface area contributed by atoms with E-state index in [4.69, 9.17) is 0 Å². The lowest BCUT2D eigenvalue weighted by molar-refractivity contribution is 0.101. The lowest BCUT2D eigenvalue weighted by Crippen LogP contribution is -2.33. The Bertz CT molecular complexity index is 502. The number of hydrogen-bond acceptors (Lipinski definition) is 2. The summed E-state index contributed by atoms with van der Waals surface area (Å²) in [5.41, 5.74) is 2.50. The van der Waals surface area contributed by atoms with Crippen LogP contribution in [0.2, 0.25) is 0 Å². The van der Waals surface area contributed by atoms with Crippen molar-refractivity contribution in [1.29, 1.82) is 0 Å². The highest BCUT2D eigenvalue weighted by atomic mass is 16.3. The minimum atomic E-state index is -0.508. The number of rotatable bonds is 10. The Kier molecular flexibility index (Phi) is 9.45. The van der Waals surface area contributed by atoms with Gasteiger partial charge in [0.25, 0.3) is 0 Å². The summed E-state index contributed by atoms with van der Waals surface area (Å²) in [6.07, 6.45) is 17.2. The van der Waals surface area contributed by atoms with E-state index in [9.17, 15) is 10.2 Å². The summed E-state index contributed by atoms with van der Waals surface area (Å²) in [6, 6.07) is 0. The number of aliphatic hydroxyl groups is 2. The van der Waals surface area contributed by atoms with Gasteiger partial charge in [0, 0.05) is 5.92 Å². The summed E-state index contributed by atoms with van der Waals surface area (Å²) in [7, 11) is 0. The van der Waals surface area contributed by atoms with Crippen molar-refractivity contribution in [3.8, 4) is 0 Å². The first kappa shape index (κ1) is 21.9. The van der Waals surface area contributed by atoms with Crippen molar-refractivity contribution in [2.75, 3.05) is 6.61 Å². The summed E-state index contributed by atoms with van der Waals surface area (Å²) in [6.45, 7) is 11.0. The van der Waals surface area contributed by atoms with Gasteiger partial charge in [0.1, 0.15) is 0 Å². The van der Waals surface area contributed by atoms with Crippen LogP contribution in [0.5, 0.6) is 0 Å². The van der Waals surface area contributed by atoms with Crippen LogP contribution in [-0.2, 0) is 0 Å². The van der Waals surface area contributed by atoms with Crippen LogP contribution >= 0.6 is 0 Å². The second kappa shape index (κ2) is 10.8. The van der Waals surface area contributed by atoms with Crippen LogP contribution in [0, 0.1) is 17.3 Å². The molecule has 0 bridgehead atoms. The Morgan fingerprint density at radius 2 is 1.92 bits per heavy atom. The van der Waals surface area contributed by atoms with Crippen molar-refractivity contribution in [2.24, 2.45) is 17.3 Å². The van der Waals surface area contributed by atoms with Crippen molar-refractivity contribution in [1.82, 2.24) is 0 Å². The van der Waals surface area contributed by atoms with Gasteiger partial charge in [-0.1, -0.05) is 69.7 Å². The Hall–Kier alpha value is -1.12. The fourth-order valence-electron chi connectivity index (χ4n) is 3.64. The smallest absolute Gasteiger partial charge is 0.0786 e. The molecule has 1 aliphatic carbocycles. The highest BCUT2D eigenvalue weighted by molar-refractivity contribution is 5.23. The van der Waals surface area contributed by atoms with Gasteiger partial charge in [-0.2, -0.15) is 0 Å². The molecule has 3 atom stereocenters. The van der Waals surface area contributed by atoms with Crippen molar-refractivity contribution < 1.29 is 10.2 Å². The van der Waals surface area contributed by atoms with Gasteiger partial charge in [-0.05, 0) is 55.9 Å². The lowest BCUT2D eigenvalue weighted by Gasteiger charge is -2.36. The van der Waals surface area contributed by atoms with Gasteiger partial charge in [0.15, 0.2) is 0 Å². The first-order chi connectivity index (χ1) is 11.9. The highest BCUT2D eigenvalue weighted by Crippen LogP contribution is 2.48. The molecule has 3 unspecified atom stereocenters. The van der Waals surface area contributed by atoms with Crippen LogP contribution in [0.25, 0.3) is 0 Å². The molecule has 25 heavy (non-hydrogen) atoms. The minimum absolute atomic E-state index is 0.0354. The summed E-state index contributed by atoms with van der Waals surface area (Å²) in [4.78, 5) is 0. The quantitative estimate of drug-likeness (QED) is 0.400. The van der Waals surface area contributed by atoms with Crippen LogP contribution < -0.4 is 0 Å². The average molecular weight is 347 g/mol. The van der Waals surface area contributed by atoms with Gasteiger partial charge in [0.05, 0.1) is 12.7 Å². The standard InChI is InChI=1S/C23H38O2/c1-6-8-9-10-11-12-13-22(25)20(16-19(7-2)17-24)21-15-14-18(3)23(21,4)5/h8-9,12-14,16,20-22,24-25H,6-7,10-11,15,17H2,1-5H3/b9-8-,13-12+,19-16?. The number of unbranched alkanes of at least 4 members (excludes halogenated alkanes) is 1. The molecule has 1 aliphatic rings. The molecule has 0 spiro atoms. The number of hydrogen-bond donors (Lipinski definition) is 2. The molecule has 0 saturated carbocycles. The third-order valence-electron chi connectivity index (χ3n) is 5.80. The maximum Gasteiger partial charge on any atom is 0.0786 e. The summed E-state index contributed by atoms with van der Waals surface area (Å²) < 4.78 is 0. The third-order valence-corrected chi connectivity index (χ3v) is 5.80. The molecule has 0 aromatic carbocycles. The Morgan fingerprint density at radius 1 is 1.24 bits per heavy atom. The molecule has 142 valence electrons. The Balaban J connectivity index is 2.90. The predicted molar refractivity (Wildman–Crippen MR) is 108 cm³/mol. The topological polar surface area (TPSA) is 40.5 Å². The SMILES string of the molecule is CC/C=C\CC/C=C/C(O)C(C=C(CC)CO)C1CC=C(C)C1(C)C.